The normalized spacial score (nSPS) is 10.5. The summed E-state index contributed by atoms with van der Waals surface area (Å²) in [6.07, 6.45) is -2.22. The summed E-state index contributed by atoms with van der Waals surface area (Å²) in [5, 5.41) is 9.91. The van der Waals surface area contributed by atoms with E-state index in [-0.39, 0.29) is 0 Å². The van der Waals surface area contributed by atoms with Gasteiger partial charge in [0.2, 0.25) is 5.75 Å². The molecule has 1 heterocycles. The van der Waals surface area contributed by atoms with Crippen LogP contribution in [0.15, 0.2) is 6.20 Å². The van der Waals surface area contributed by atoms with Crippen LogP contribution in [0.5, 0.6) is 5.75 Å². The van der Waals surface area contributed by atoms with Gasteiger partial charge in [-0.1, -0.05) is 11.6 Å². The van der Waals surface area contributed by atoms with Crippen molar-refractivity contribution in [2.75, 3.05) is 7.11 Å². The summed E-state index contributed by atoms with van der Waals surface area (Å²) in [5.41, 5.74) is -1.29. The van der Waals surface area contributed by atoms with Crippen LogP contribution in [0.2, 0.25) is 5.02 Å². The number of rotatable bonds is 3. The Hall–Kier alpha value is -1.50. The Bertz CT molecular complexity index is 400. The van der Waals surface area contributed by atoms with Crippen LogP contribution in [0.3, 0.4) is 0 Å². The highest BCUT2D eigenvalue weighted by molar-refractivity contribution is 6.33. The molecule has 82 valence electrons. The number of halogens is 3. The Morgan fingerprint density at radius 1 is 1.67 bits per heavy atom. The lowest BCUT2D eigenvalue weighted by molar-refractivity contribution is -0.386. The van der Waals surface area contributed by atoms with Crippen LogP contribution in [0.4, 0.5) is 14.5 Å². The minimum absolute atomic E-state index is 0.410. The van der Waals surface area contributed by atoms with Crippen molar-refractivity contribution < 1.29 is 18.4 Å². The van der Waals surface area contributed by atoms with Crippen molar-refractivity contribution in [3.05, 3.63) is 27.0 Å². The van der Waals surface area contributed by atoms with Crippen LogP contribution >= 0.6 is 11.6 Å². The summed E-state index contributed by atoms with van der Waals surface area (Å²) in [7, 11) is 1.10. The predicted molar refractivity (Wildman–Crippen MR) is 47.4 cm³/mol. The van der Waals surface area contributed by atoms with Crippen LogP contribution in [0.1, 0.15) is 12.1 Å². The van der Waals surface area contributed by atoms with E-state index in [4.69, 9.17) is 11.6 Å². The summed E-state index contributed by atoms with van der Waals surface area (Å²) in [6.45, 7) is 0. The number of aromatic nitrogens is 1. The largest absolute Gasteiger partial charge is 0.489 e. The third kappa shape index (κ3) is 2.12. The molecule has 15 heavy (non-hydrogen) atoms. The molecule has 0 fully saturated rings. The lowest BCUT2D eigenvalue weighted by Crippen LogP contribution is -2.00. The summed E-state index contributed by atoms with van der Waals surface area (Å²) in [6, 6.07) is 0. The topological polar surface area (TPSA) is 65.3 Å². The van der Waals surface area contributed by atoms with E-state index in [1.54, 1.807) is 0 Å². The summed E-state index contributed by atoms with van der Waals surface area (Å²) >= 11 is 5.48. The van der Waals surface area contributed by atoms with Crippen LogP contribution in [0.25, 0.3) is 0 Å². The molecule has 5 nitrogen and oxygen atoms in total. The number of hydrogen-bond acceptors (Lipinski definition) is 4. The third-order valence-corrected chi connectivity index (χ3v) is 1.96. The molecule has 0 aliphatic carbocycles. The minimum Gasteiger partial charge on any atom is -0.489 e. The van der Waals surface area contributed by atoms with Gasteiger partial charge in [0.25, 0.3) is 6.43 Å². The molecule has 0 aliphatic rings. The zero-order valence-corrected chi connectivity index (χ0v) is 8.16. The number of nitro groups is 1. The number of alkyl halides is 2. The second-order valence-electron chi connectivity index (χ2n) is 2.43. The van der Waals surface area contributed by atoms with Crippen molar-refractivity contribution in [1.82, 2.24) is 4.98 Å². The number of ether oxygens (including phenoxy) is 1. The molecule has 0 saturated heterocycles. The molecule has 8 heteroatoms. The molecule has 0 N–H and O–H groups in total. The van der Waals surface area contributed by atoms with E-state index in [9.17, 15) is 18.9 Å². The highest BCUT2D eigenvalue weighted by atomic mass is 35.5. The zero-order chi connectivity index (χ0) is 11.6. The maximum Gasteiger partial charge on any atom is 0.330 e. The standard InChI is InChI=1S/C7H5ClF2N2O3/c1-15-6-3(12(13)14)2-11-5(4(6)8)7(9)10/h2,7H,1H3. The lowest BCUT2D eigenvalue weighted by atomic mass is 10.3. The molecule has 0 aliphatic heterocycles. The Morgan fingerprint density at radius 3 is 2.67 bits per heavy atom. The molecule has 0 radical (unpaired) electrons. The number of pyridine rings is 1. The predicted octanol–water partition coefficient (Wildman–Crippen LogP) is 2.59. The lowest BCUT2D eigenvalue weighted by Gasteiger charge is -2.06. The molecule has 0 unspecified atom stereocenters. The van der Waals surface area contributed by atoms with Gasteiger partial charge in [0.1, 0.15) is 16.9 Å². The van der Waals surface area contributed by atoms with Gasteiger partial charge in [-0.2, -0.15) is 0 Å². The van der Waals surface area contributed by atoms with E-state index in [0.717, 1.165) is 7.11 Å². The van der Waals surface area contributed by atoms with E-state index in [0.29, 0.717) is 6.20 Å². The first kappa shape index (κ1) is 11.6. The average Bonchev–Trinajstić information content (AvgIpc) is 2.16. The smallest absolute Gasteiger partial charge is 0.330 e. The Kier molecular flexibility index (Phi) is 3.35. The molecule has 1 aromatic heterocycles. The second kappa shape index (κ2) is 4.35. The fourth-order valence-corrected chi connectivity index (χ4v) is 1.26. The van der Waals surface area contributed by atoms with Gasteiger partial charge in [-0.05, 0) is 0 Å². The zero-order valence-electron chi connectivity index (χ0n) is 7.41. The van der Waals surface area contributed by atoms with Gasteiger partial charge >= 0.3 is 5.69 Å². The maximum absolute atomic E-state index is 12.3. The van der Waals surface area contributed by atoms with Crippen LogP contribution in [-0.4, -0.2) is 17.0 Å². The van der Waals surface area contributed by atoms with E-state index in [1.165, 1.54) is 0 Å². The van der Waals surface area contributed by atoms with E-state index < -0.39 is 33.5 Å². The van der Waals surface area contributed by atoms with Gasteiger partial charge in [0, 0.05) is 0 Å². The van der Waals surface area contributed by atoms with Gasteiger partial charge in [0.05, 0.1) is 12.0 Å². The second-order valence-corrected chi connectivity index (χ2v) is 2.81. The molecule has 1 aromatic rings. The van der Waals surface area contributed by atoms with Gasteiger partial charge in [-0.15, -0.1) is 0 Å². The monoisotopic (exact) mass is 238 g/mol. The van der Waals surface area contributed by atoms with E-state index >= 15 is 0 Å². The molecular formula is C7H5ClF2N2O3. The van der Waals surface area contributed by atoms with Crippen molar-refractivity contribution in [2.24, 2.45) is 0 Å². The molecular weight excluding hydrogens is 234 g/mol. The van der Waals surface area contributed by atoms with Gasteiger partial charge in [-0.3, -0.25) is 10.1 Å². The first-order valence-electron chi connectivity index (χ1n) is 3.64. The fourth-order valence-electron chi connectivity index (χ4n) is 0.951. The molecule has 1 rings (SSSR count). The molecule has 0 saturated carbocycles. The summed E-state index contributed by atoms with van der Waals surface area (Å²) in [5.74, 6) is -0.410. The highest BCUT2D eigenvalue weighted by Gasteiger charge is 2.25. The molecule has 0 bridgehead atoms. The van der Waals surface area contributed by atoms with Crippen molar-refractivity contribution in [3.63, 3.8) is 0 Å². The van der Waals surface area contributed by atoms with Crippen LogP contribution in [-0.2, 0) is 0 Å². The number of methoxy groups -OCH3 is 1. The first-order chi connectivity index (χ1) is 6.99. The Balaban J connectivity index is 3.39. The fraction of sp³-hybridized carbons (Fsp3) is 0.286. The molecule has 0 spiro atoms. The van der Waals surface area contributed by atoms with Crippen LogP contribution < -0.4 is 4.74 Å². The van der Waals surface area contributed by atoms with Crippen molar-refractivity contribution in [3.8, 4) is 5.75 Å². The van der Waals surface area contributed by atoms with Gasteiger partial charge in [-0.25, -0.2) is 13.8 Å². The molecule has 0 atom stereocenters. The van der Waals surface area contributed by atoms with E-state index in [1.807, 2.05) is 0 Å². The summed E-state index contributed by atoms with van der Waals surface area (Å²) < 4.78 is 29.2. The summed E-state index contributed by atoms with van der Waals surface area (Å²) in [4.78, 5) is 12.8. The number of hydrogen-bond donors (Lipinski definition) is 0. The number of nitrogens with zero attached hydrogens (tertiary/aromatic N) is 2. The van der Waals surface area contributed by atoms with Crippen molar-refractivity contribution in [2.45, 2.75) is 6.43 Å². The van der Waals surface area contributed by atoms with Gasteiger partial charge < -0.3 is 4.74 Å². The Morgan fingerprint density at radius 2 is 2.27 bits per heavy atom. The Labute approximate surface area is 87.8 Å². The quantitative estimate of drug-likeness (QED) is 0.600. The first-order valence-corrected chi connectivity index (χ1v) is 4.01. The highest BCUT2D eigenvalue weighted by Crippen LogP contribution is 2.38. The maximum atomic E-state index is 12.3. The minimum atomic E-state index is -2.91. The van der Waals surface area contributed by atoms with Crippen molar-refractivity contribution in [1.29, 1.82) is 0 Å². The van der Waals surface area contributed by atoms with Crippen molar-refractivity contribution >= 4 is 17.3 Å². The van der Waals surface area contributed by atoms with E-state index in [2.05, 4.69) is 9.72 Å². The van der Waals surface area contributed by atoms with Gasteiger partial charge in [0.15, 0.2) is 0 Å². The molecule has 0 amide bonds. The SMILES string of the molecule is COc1c([N+](=O)[O-])cnc(C(F)F)c1Cl. The third-order valence-electron chi connectivity index (χ3n) is 1.59. The van der Waals surface area contributed by atoms with Crippen LogP contribution in [0, 0.1) is 10.1 Å². The average molecular weight is 239 g/mol. The molecule has 0 aromatic carbocycles.